The number of aromatic amines is 1. The Hall–Kier alpha value is -3.39. The van der Waals surface area contributed by atoms with Gasteiger partial charge in [0.05, 0.1) is 11.5 Å². The lowest BCUT2D eigenvalue weighted by atomic mass is 10.1. The quantitative estimate of drug-likeness (QED) is 0.118. The molecule has 8 heteroatoms. The van der Waals surface area contributed by atoms with E-state index in [1.165, 1.54) is 30.0 Å². The van der Waals surface area contributed by atoms with E-state index < -0.39 is 4.92 Å². The minimum atomic E-state index is -0.408. The van der Waals surface area contributed by atoms with E-state index in [1.54, 1.807) is 12.1 Å². The Morgan fingerprint density at radius 3 is 2.32 bits per heavy atom. The normalized spacial score (nSPS) is 11.0. The molecule has 0 aliphatic heterocycles. The van der Waals surface area contributed by atoms with Gasteiger partial charge in [0.1, 0.15) is 5.75 Å². The molecule has 0 spiro atoms. The second kappa shape index (κ2) is 11.1. The molecule has 1 aromatic heterocycles. The maximum absolute atomic E-state index is 11.4. The highest BCUT2D eigenvalue weighted by atomic mass is 32.2. The fraction of sp³-hybridized carbons (Fsp3) is 0.217. The summed E-state index contributed by atoms with van der Waals surface area (Å²) < 4.78 is 5.78. The van der Waals surface area contributed by atoms with E-state index >= 15 is 0 Å². The molecule has 31 heavy (non-hydrogen) atoms. The van der Waals surface area contributed by atoms with Crippen molar-refractivity contribution in [2.75, 3.05) is 12.4 Å². The van der Waals surface area contributed by atoms with Gasteiger partial charge in [0, 0.05) is 29.6 Å². The molecule has 160 valence electrons. The van der Waals surface area contributed by atoms with Gasteiger partial charge in [-0.1, -0.05) is 36.0 Å². The maximum atomic E-state index is 11.4. The summed E-state index contributed by atoms with van der Waals surface area (Å²) >= 11 is 1.54. The number of nitrogens with zero attached hydrogens (tertiary/aromatic N) is 2. The van der Waals surface area contributed by atoms with E-state index in [1.807, 2.05) is 43.3 Å². The fourth-order valence-corrected chi connectivity index (χ4v) is 3.68. The Bertz CT molecular complexity index is 1090. The summed E-state index contributed by atoms with van der Waals surface area (Å²) in [6.45, 7) is 2.43. The van der Waals surface area contributed by atoms with Crippen LogP contribution in [-0.4, -0.2) is 27.3 Å². The van der Waals surface area contributed by atoms with Gasteiger partial charge in [-0.25, -0.2) is 4.98 Å². The molecular weight excluding hydrogens is 414 g/mol. The first kappa shape index (κ1) is 22.3. The molecule has 0 aliphatic rings. The first-order chi connectivity index (χ1) is 15.0. The standard InChI is InChI=1S/C23H23N3O4S/c1-17-16-22(27)25-23(24-17)31-15-3-2-14-30-21-12-8-19(9-13-21)5-4-18-6-10-20(11-7-18)26(28)29/h4-13,16H,2-3,14-15H2,1H3,(H,24,25,27)/b5-4+. The first-order valence-corrected chi connectivity index (χ1v) is 10.8. The van der Waals surface area contributed by atoms with Crippen LogP contribution in [0.4, 0.5) is 5.69 Å². The van der Waals surface area contributed by atoms with Crippen LogP contribution in [0.3, 0.4) is 0 Å². The lowest BCUT2D eigenvalue weighted by Crippen LogP contribution is -2.08. The molecule has 0 amide bonds. The van der Waals surface area contributed by atoms with Gasteiger partial charge in [-0.2, -0.15) is 0 Å². The minimum Gasteiger partial charge on any atom is -0.494 e. The van der Waals surface area contributed by atoms with Crippen LogP contribution in [-0.2, 0) is 0 Å². The highest BCUT2D eigenvalue weighted by Crippen LogP contribution is 2.18. The smallest absolute Gasteiger partial charge is 0.269 e. The summed E-state index contributed by atoms with van der Waals surface area (Å²) in [6.07, 6.45) is 5.72. The van der Waals surface area contributed by atoms with Crippen molar-refractivity contribution in [3.8, 4) is 5.75 Å². The maximum Gasteiger partial charge on any atom is 0.269 e. The lowest BCUT2D eigenvalue weighted by molar-refractivity contribution is -0.384. The second-order valence-electron chi connectivity index (χ2n) is 6.85. The number of benzene rings is 2. The SMILES string of the molecule is Cc1cc(=O)[nH]c(SCCCCOc2ccc(/C=C/c3ccc([N+](=O)[O-])cc3)cc2)n1. The predicted octanol–water partition coefficient (Wildman–Crippen LogP) is 5.11. The van der Waals surface area contributed by atoms with Gasteiger partial charge in [-0.15, -0.1) is 0 Å². The van der Waals surface area contributed by atoms with Crippen LogP contribution in [0, 0.1) is 17.0 Å². The number of H-pyrrole nitrogens is 1. The van der Waals surface area contributed by atoms with Crippen molar-refractivity contribution in [2.24, 2.45) is 0 Å². The number of rotatable bonds is 10. The van der Waals surface area contributed by atoms with Crippen molar-refractivity contribution in [1.82, 2.24) is 9.97 Å². The summed E-state index contributed by atoms with van der Waals surface area (Å²) in [5.41, 5.74) is 2.60. The molecule has 1 N–H and O–H groups in total. The van der Waals surface area contributed by atoms with Gasteiger partial charge in [0.15, 0.2) is 5.16 Å². The Morgan fingerprint density at radius 2 is 1.71 bits per heavy atom. The molecule has 1 heterocycles. The molecule has 0 bridgehead atoms. The Kier molecular flexibility index (Phi) is 8.00. The topological polar surface area (TPSA) is 98.1 Å². The van der Waals surface area contributed by atoms with Crippen LogP contribution in [0.15, 0.2) is 64.5 Å². The zero-order valence-corrected chi connectivity index (χ0v) is 17.9. The summed E-state index contributed by atoms with van der Waals surface area (Å²) in [7, 11) is 0. The van der Waals surface area contributed by atoms with E-state index in [-0.39, 0.29) is 11.2 Å². The largest absolute Gasteiger partial charge is 0.494 e. The van der Waals surface area contributed by atoms with Gasteiger partial charge >= 0.3 is 0 Å². The van der Waals surface area contributed by atoms with Gasteiger partial charge < -0.3 is 9.72 Å². The van der Waals surface area contributed by atoms with Gasteiger partial charge in [-0.05, 0) is 55.2 Å². The molecule has 0 atom stereocenters. The number of nitro benzene ring substituents is 1. The minimum absolute atomic E-state index is 0.0824. The molecule has 3 aromatic rings. The number of unbranched alkanes of at least 4 members (excludes halogenated alkanes) is 1. The highest BCUT2D eigenvalue weighted by Gasteiger charge is 2.02. The number of hydrogen-bond acceptors (Lipinski definition) is 6. The van der Waals surface area contributed by atoms with Gasteiger partial charge in [0.2, 0.25) is 0 Å². The van der Waals surface area contributed by atoms with E-state index in [2.05, 4.69) is 9.97 Å². The van der Waals surface area contributed by atoms with Gasteiger partial charge in [0.25, 0.3) is 11.2 Å². The van der Waals surface area contributed by atoms with Crippen LogP contribution in [0.5, 0.6) is 5.75 Å². The molecular formula is C23H23N3O4S. The van der Waals surface area contributed by atoms with Crippen LogP contribution in [0.25, 0.3) is 12.2 Å². The Morgan fingerprint density at radius 1 is 1.06 bits per heavy atom. The Labute approximate surface area is 184 Å². The number of ether oxygens (including phenoxy) is 1. The fourth-order valence-electron chi connectivity index (χ4n) is 2.76. The predicted molar refractivity (Wildman–Crippen MR) is 124 cm³/mol. The molecule has 0 saturated heterocycles. The number of nitro groups is 1. The third-order valence-corrected chi connectivity index (χ3v) is 5.31. The van der Waals surface area contributed by atoms with Crippen molar-refractivity contribution >= 4 is 29.6 Å². The van der Waals surface area contributed by atoms with Crippen molar-refractivity contribution in [3.63, 3.8) is 0 Å². The zero-order chi connectivity index (χ0) is 22.1. The summed E-state index contributed by atoms with van der Waals surface area (Å²) in [5.74, 6) is 1.67. The third-order valence-electron chi connectivity index (χ3n) is 4.35. The first-order valence-electron chi connectivity index (χ1n) is 9.86. The molecule has 2 aromatic carbocycles. The van der Waals surface area contributed by atoms with Crippen LogP contribution in [0.1, 0.15) is 29.7 Å². The molecule has 0 unspecified atom stereocenters. The van der Waals surface area contributed by atoms with Crippen molar-refractivity contribution < 1.29 is 9.66 Å². The zero-order valence-electron chi connectivity index (χ0n) is 17.1. The number of aryl methyl sites for hydroxylation is 1. The average molecular weight is 438 g/mol. The van der Waals surface area contributed by atoms with Crippen LogP contribution >= 0.6 is 11.8 Å². The third kappa shape index (κ3) is 7.42. The molecule has 7 nitrogen and oxygen atoms in total. The van der Waals surface area contributed by atoms with E-state index in [9.17, 15) is 14.9 Å². The number of hydrogen-bond donors (Lipinski definition) is 1. The number of aromatic nitrogens is 2. The van der Waals surface area contributed by atoms with E-state index in [4.69, 9.17) is 4.74 Å². The van der Waals surface area contributed by atoms with E-state index in [0.29, 0.717) is 11.8 Å². The molecule has 3 rings (SSSR count). The second-order valence-corrected chi connectivity index (χ2v) is 7.93. The summed E-state index contributed by atoms with van der Waals surface area (Å²) in [5, 5.41) is 11.3. The van der Waals surface area contributed by atoms with Crippen molar-refractivity contribution in [2.45, 2.75) is 24.9 Å². The Balaban J connectivity index is 1.38. The van der Waals surface area contributed by atoms with Gasteiger partial charge in [-0.3, -0.25) is 14.9 Å². The molecule has 0 aliphatic carbocycles. The lowest BCUT2D eigenvalue weighted by Gasteiger charge is -2.06. The number of non-ortho nitro benzene ring substituents is 1. The molecule has 0 fully saturated rings. The molecule has 0 saturated carbocycles. The summed E-state index contributed by atoms with van der Waals surface area (Å²) in [6, 6.07) is 15.7. The molecule has 0 radical (unpaired) electrons. The number of nitrogens with one attached hydrogen (secondary N) is 1. The average Bonchev–Trinajstić information content (AvgIpc) is 2.75. The monoisotopic (exact) mass is 437 g/mol. The number of thioether (sulfide) groups is 1. The van der Waals surface area contributed by atoms with Crippen LogP contribution < -0.4 is 10.3 Å². The van der Waals surface area contributed by atoms with Crippen molar-refractivity contribution in [3.05, 3.63) is 91.9 Å². The van der Waals surface area contributed by atoms with Crippen LogP contribution in [0.2, 0.25) is 0 Å². The highest BCUT2D eigenvalue weighted by molar-refractivity contribution is 7.99. The van der Waals surface area contributed by atoms with E-state index in [0.717, 1.165) is 41.2 Å². The summed E-state index contributed by atoms with van der Waals surface area (Å²) in [4.78, 5) is 28.7. The van der Waals surface area contributed by atoms with Crippen molar-refractivity contribution in [1.29, 1.82) is 0 Å².